The highest BCUT2D eigenvalue weighted by Crippen LogP contribution is 2.15. The van der Waals surface area contributed by atoms with E-state index in [1.807, 2.05) is 4.90 Å². The molecule has 0 fully saturated rings. The second-order valence-corrected chi connectivity index (χ2v) is 10.4. The number of alkyl carbamates (subject to hydrolysis) is 2. The molecule has 2 amide bonds. The molecule has 0 atom stereocenters. The summed E-state index contributed by atoms with van der Waals surface area (Å²) in [6.45, 7) is 13.5. The number of aliphatic hydroxyl groups excluding tert-OH is 1. The number of rotatable bonds is 15. The third-order valence-electron chi connectivity index (χ3n) is 4.19. The molecule has 0 radical (unpaired) electrons. The van der Waals surface area contributed by atoms with Crippen LogP contribution in [0.25, 0.3) is 0 Å². The van der Waals surface area contributed by atoms with Gasteiger partial charge in [0.15, 0.2) is 0 Å². The Balaban J connectivity index is 2.75. The fourth-order valence-corrected chi connectivity index (χ4v) is 2.98. The summed E-state index contributed by atoms with van der Waals surface area (Å²) < 4.78 is 15.7. The molecule has 13 nitrogen and oxygen atoms in total. The van der Waals surface area contributed by atoms with Gasteiger partial charge < -0.3 is 40.2 Å². The molecule has 0 spiro atoms. The fourth-order valence-electron chi connectivity index (χ4n) is 2.82. The van der Waals surface area contributed by atoms with E-state index in [1.165, 1.54) is 0 Å². The normalized spacial score (nSPS) is 11.6. The molecule has 0 saturated heterocycles. The zero-order chi connectivity index (χ0) is 27.9. The van der Waals surface area contributed by atoms with Crippen LogP contribution in [0.5, 0.6) is 0 Å². The summed E-state index contributed by atoms with van der Waals surface area (Å²) in [5, 5.41) is 17.3. The molecule has 4 N–H and O–H groups in total. The number of nitrogens with one attached hydrogen (secondary N) is 3. The van der Waals surface area contributed by atoms with Gasteiger partial charge in [0, 0.05) is 32.7 Å². The molecule has 0 unspecified atom stereocenters. The van der Waals surface area contributed by atoms with Crippen LogP contribution < -0.4 is 20.9 Å². The molecule has 0 aliphatic heterocycles. The maximum atomic E-state index is 11.9. The highest BCUT2D eigenvalue weighted by Gasteiger charge is 2.18. The van der Waals surface area contributed by atoms with Gasteiger partial charge in [-0.3, -0.25) is 0 Å². The van der Waals surface area contributed by atoms with Gasteiger partial charge in [-0.25, -0.2) is 9.59 Å². The van der Waals surface area contributed by atoms with Crippen molar-refractivity contribution in [1.82, 2.24) is 25.6 Å². The van der Waals surface area contributed by atoms with Crippen molar-refractivity contribution in [2.45, 2.75) is 65.6 Å². The van der Waals surface area contributed by atoms with Gasteiger partial charge in [0.1, 0.15) is 11.2 Å². The Labute approximate surface area is 224 Å². The standard InChI is InChI=1S/C23H42ClN7O6/c1-22(2,3)36-20(33)26-9-7-12-31(13-8-10-27-21(34)37-23(4,5)6)19-29-17(24)28-18(30-19)25-11-15-35-16-14-32/h32H,7-16H2,1-6H3,(H,26,33)(H,27,34)(H,25,28,29,30). The highest BCUT2D eigenvalue weighted by molar-refractivity contribution is 6.28. The molecule has 0 aliphatic rings. The maximum absolute atomic E-state index is 11.9. The predicted octanol–water partition coefficient (Wildman–Crippen LogP) is 2.58. The van der Waals surface area contributed by atoms with Gasteiger partial charge in [0.2, 0.25) is 17.2 Å². The van der Waals surface area contributed by atoms with E-state index < -0.39 is 23.4 Å². The molecular formula is C23H42ClN7O6. The summed E-state index contributed by atoms with van der Waals surface area (Å²) in [4.78, 5) is 38.5. The lowest BCUT2D eigenvalue weighted by Crippen LogP contribution is -2.36. The van der Waals surface area contributed by atoms with E-state index in [0.29, 0.717) is 58.1 Å². The van der Waals surface area contributed by atoms with E-state index >= 15 is 0 Å². The number of aromatic nitrogens is 3. The van der Waals surface area contributed by atoms with Crippen LogP contribution in [0.15, 0.2) is 0 Å². The summed E-state index contributed by atoms with van der Waals surface area (Å²) in [6, 6.07) is 0. The van der Waals surface area contributed by atoms with Crippen molar-refractivity contribution in [1.29, 1.82) is 0 Å². The lowest BCUT2D eigenvalue weighted by Gasteiger charge is -2.24. The first-order valence-electron chi connectivity index (χ1n) is 12.3. The number of nitrogens with zero attached hydrogens (tertiary/aromatic N) is 4. The third kappa shape index (κ3) is 16.7. The fraction of sp³-hybridized carbons (Fsp3) is 0.783. The minimum absolute atomic E-state index is 0.0209. The largest absolute Gasteiger partial charge is 0.444 e. The molecule has 0 aliphatic carbocycles. The van der Waals surface area contributed by atoms with Crippen LogP contribution >= 0.6 is 11.6 Å². The van der Waals surface area contributed by atoms with Crippen molar-refractivity contribution in [3.8, 4) is 0 Å². The second-order valence-electron chi connectivity index (χ2n) is 10.0. The Morgan fingerprint density at radius 1 is 0.865 bits per heavy atom. The monoisotopic (exact) mass is 547 g/mol. The summed E-state index contributed by atoms with van der Waals surface area (Å²) in [7, 11) is 0. The average molecular weight is 548 g/mol. The molecule has 37 heavy (non-hydrogen) atoms. The number of carbonyl (C=O) groups is 2. The number of carbonyl (C=O) groups excluding carboxylic acids is 2. The topological polar surface area (TPSA) is 160 Å². The van der Waals surface area contributed by atoms with Gasteiger partial charge in [-0.2, -0.15) is 15.0 Å². The van der Waals surface area contributed by atoms with Gasteiger partial charge in [0.25, 0.3) is 0 Å². The predicted molar refractivity (Wildman–Crippen MR) is 141 cm³/mol. The van der Waals surface area contributed by atoms with Crippen molar-refractivity contribution in [3.05, 3.63) is 5.28 Å². The Morgan fingerprint density at radius 2 is 1.41 bits per heavy atom. The number of hydrogen-bond donors (Lipinski definition) is 4. The molecule has 0 saturated carbocycles. The Morgan fingerprint density at radius 3 is 1.89 bits per heavy atom. The van der Waals surface area contributed by atoms with Crippen molar-refractivity contribution in [2.24, 2.45) is 0 Å². The van der Waals surface area contributed by atoms with Gasteiger partial charge in [-0.1, -0.05) is 0 Å². The molecule has 1 heterocycles. The second kappa shape index (κ2) is 16.3. The zero-order valence-electron chi connectivity index (χ0n) is 22.7. The molecule has 212 valence electrons. The summed E-state index contributed by atoms with van der Waals surface area (Å²) >= 11 is 6.15. The molecule has 14 heteroatoms. The molecular weight excluding hydrogens is 506 g/mol. The third-order valence-corrected chi connectivity index (χ3v) is 4.36. The van der Waals surface area contributed by atoms with E-state index in [4.69, 9.17) is 30.9 Å². The smallest absolute Gasteiger partial charge is 0.407 e. The lowest BCUT2D eigenvalue weighted by atomic mass is 10.2. The first-order valence-corrected chi connectivity index (χ1v) is 12.7. The Bertz CT molecular complexity index is 797. The minimum Gasteiger partial charge on any atom is -0.444 e. The van der Waals surface area contributed by atoms with Crippen LogP contribution in [0.4, 0.5) is 21.5 Å². The van der Waals surface area contributed by atoms with Crippen molar-refractivity contribution >= 4 is 35.7 Å². The number of anilines is 2. The van der Waals surface area contributed by atoms with Crippen molar-refractivity contribution in [3.63, 3.8) is 0 Å². The first kappa shape index (κ1) is 32.4. The Hall–Kier alpha value is -2.64. The molecule has 1 aromatic heterocycles. The summed E-state index contributed by atoms with van der Waals surface area (Å²) in [6.07, 6.45) is 0.192. The van der Waals surface area contributed by atoms with Crippen LogP contribution in [-0.2, 0) is 14.2 Å². The lowest BCUT2D eigenvalue weighted by molar-refractivity contribution is 0.0516. The van der Waals surface area contributed by atoms with E-state index in [-0.39, 0.29) is 24.4 Å². The van der Waals surface area contributed by atoms with Gasteiger partial charge in [0.05, 0.1) is 19.8 Å². The zero-order valence-corrected chi connectivity index (χ0v) is 23.5. The number of halogens is 1. The van der Waals surface area contributed by atoms with Crippen LogP contribution in [0.2, 0.25) is 5.28 Å². The summed E-state index contributed by atoms with van der Waals surface area (Å²) in [5.41, 5.74) is -1.16. The van der Waals surface area contributed by atoms with Crippen LogP contribution in [0.3, 0.4) is 0 Å². The highest BCUT2D eigenvalue weighted by atomic mass is 35.5. The van der Waals surface area contributed by atoms with E-state index in [9.17, 15) is 9.59 Å². The van der Waals surface area contributed by atoms with Crippen LogP contribution in [0, 0.1) is 0 Å². The first-order chi connectivity index (χ1) is 17.3. The van der Waals surface area contributed by atoms with Crippen LogP contribution in [-0.4, -0.2) is 96.0 Å². The molecule has 1 aromatic rings. The van der Waals surface area contributed by atoms with Gasteiger partial charge in [-0.05, 0) is 66.0 Å². The van der Waals surface area contributed by atoms with Crippen molar-refractivity contribution in [2.75, 3.05) is 62.8 Å². The number of hydrogen-bond acceptors (Lipinski definition) is 11. The average Bonchev–Trinajstić information content (AvgIpc) is 2.75. The number of aliphatic hydroxyl groups is 1. The quantitative estimate of drug-likeness (QED) is 0.239. The molecule has 1 rings (SSSR count). The van der Waals surface area contributed by atoms with Gasteiger partial charge in [-0.15, -0.1) is 0 Å². The van der Waals surface area contributed by atoms with E-state index in [0.717, 1.165) is 0 Å². The van der Waals surface area contributed by atoms with Crippen LogP contribution in [0.1, 0.15) is 54.4 Å². The number of ether oxygens (including phenoxy) is 3. The summed E-state index contributed by atoms with van der Waals surface area (Å²) in [5.74, 6) is 0.639. The Kier molecular flexibility index (Phi) is 14.2. The molecule has 0 bridgehead atoms. The maximum Gasteiger partial charge on any atom is 0.407 e. The minimum atomic E-state index is -0.578. The van der Waals surface area contributed by atoms with E-state index in [2.05, 4.69) is 30.9 Å². The molecule has 0 aromatic carbocycles. The van der Waals surface area contributed by atoms with E-state index in [1.54, 1.807) is 41.5 Å². The number of amides is 2. The van der Waals surface area contributed by atoms with Crippen molar-refractivity contribution < 1.29 is 28.9 Å². The SMILES string of the molecule is CC(C)(C)OC(=O)NCCCN(CCCNC(=O)OC(C)(C)C)c1nc(Cl)nc(NCCOCCO)n1. The van der Waals surface area contributed by atoms with Gasteiger partial charge >= 0.3 is 12.2 Å².